The standard InChI is InChI=1S/C18H26N4O2/c1-11(2)8-17-21-16(22-24-17)10-19-15-7-6-14(9-13(15)5)18(23)20-12(3)4/h6-7,9,11-12,19H,8,10H2,1-5H3,(H,20,23). The highest BCUT2D eigenvalue weighted by atomic mass is 16.5. The molecule has 6 nitrogen and oxygen atoms in total. The molecule has 0 unspecified atom stereocenters. The van der Waals surface area contributed by atoms with E-state index in [0.29, 0.717) is 29.7 Å². The van der Waals surface area contributed by atoms with Gasteiger partial charge in [-0.05, 0) is 50.5 Å². The quantitative estimate of drug-likeness (QED) is 0.814. The highest BCUT2D eigenvalue weighted by molar-refractivity contribution is 5.95. The van der Waals surface area contributed by atoms with Gasteiger partial charge in [-0.1, -0.05) is 19.0 Å². The average Bonchev–Trinajstić information content (AvgIpc) is 2.91. The Bertz CT molecular complexity index is 692. The van der Waals surface area contributed by atoms with Crippen LogP contribution in [0.2, 0.25) is 0 Å². The molecule has 0 aliphatic heterocycles. The van der Waals surface area contributed by atoms with E-state index in [1.165, 1.54) is 0 Å². The van der Waals surface area contributed by atoms with Crippen molar-refractivity contribution < 1.29 is 9.32 Å². The zero-order valence-corrected chi connectivity index (χ0v) is 15.0. The largest absolute Gasteiger partial charge is 0.377 e. The molecule has 2 aromatic rings. The molecule has 0 saturated heterocycles. The number of benzene rings is 1. The molecular weight excluding hydrogens is 304 g/mol. The van der Waals surface area contributed by atoms with E-state index < -0.39 is 0 Å². The summed E-state index contributed by atoms with van der Waals surface area (Å²) in [5.74, 6) is 1.72. The predicted octanol–water partition coefficient (Wildman–Crippen LogP) is 3.33. The molecule has 0 radical (unpaired) electrons. The SMILES string of the molecule is Cc1cc(C(=O)NC(C)C)ccc1NCc1noc(CC(C)C)n1. The first-order valence-corrected chi connectivity index (χ1v) is 8.32. The van der Waals surface area contributed by atoms with Crippen LogP contribution in [-0.2, 0) is 13.0 Å². The maximum absolute atomic E-state index is 12.0. The van der Waals surface area contributed by atoms with E-state index in [1.54, 1.807) is 0 Å². The summed E-state index contributed by atoms with van der Waals surface area (Å²) in [5.41, 5.74) is 2.61. The molecule has 0 aliphatic carbocycles. The van der Waals surface area contributed by atoms with Gasteiger partial charge in [0.1, 0.15) is 0 Å². The molecule has 1 aromatic carbocycles. The Labute approximate surface area is 143 Å². The second kappa shape index (κ2) is 7.95. The van der Waals surface area contributed by atoms with Crippen molar-refractivity contribution in [2.75, 3.05) is 5.32 Å². The van der Waals surface area contributed by atoms with Gasteiger partial charge in [0.25, 0.3) is 5.91 Å². The van der Waals surface area contributed by atoms with E-state index in [9.17, 15) is 4.79 Å². The third-order valence-corrected chi connectivity index (χ3v) is 3.44. The summed E-state index contributed by atoms with van der Waals surface area (Å²) in [7, 11) is 0. The van der Waals surface area contributed by atoms with Crippen LogP contribution in [0.1, 0.15) is 55.3 Å². The number of hydrogen-bond donors (Lipinski definition) is 2. The van der Waals surface area contributed by atoms with Crippen LogP contribution in [0.15, 0.2) is 22.7 Å². The summed E-state index contributed by atoms with van der Waals surface area (Å²) in [6.07, 6.45) is 0.783. The fourth-order valence-corrected chi connectivity index (χ4v) is 2.32. The third-order valence-electron chi connectivity index (χ3n) is 3.44. The van der Waals surface area contributed by atoms with Crippen molar-refractivity contribution >= 4 is 11.6 Å². The Morgan fingerprint density at radius 2 is 2.00 bits per heavy atom. The van der Waals surface area contributed by atoms with Crippen molar-refractivity contribution in [2.24, 2.45) is 5.92 Å². The molecule has 1 aromatic heterocycles. The van der Waals surface area contributed by atoms with Crippen LogP contribution in [0.5, 0.6) is 0 Å². The number of nitrogens with zero attached hydrogens (tertiary/aromatic N) is 2. The lowest BCUT2D eigenvalue weighted by molar-refractivity contribution is 0.0943. The van der Waals surface area contributed by atoms with E-state index in [1.807, 2.05) is 39.0 Å². The van der Waals surface area contributed by atoms with E-state index in [2.05, 4.69) is 34.6 Å². The molecule has 0 saturated carbocycles. The van der Waals surface area contributed by atoms with Gasteiger partial charge in [0.15, 0.2) is 5.82 Å². The first-order chi connectivity index (χ1) is 11.3. The molecule has 0 aliphatic rings. The number of anilines is 1. The van der Waals surface area contributed by atoms with Crippen LogP contribution in [-0.4, -0.2) is 22.1 Å². The van der Waals surface area contributed by atoms with E-state index >= 15 is 0 Å². The van der Waals surface area contributed by atoms with Gasteiger partial charge < -0.3 is 15.2 Å². The maximum Gasteiger partial charge on any atom is 0.251 e. The smallest absolute Gasteiger partial charge is 0.251 e. The number of rotatable bonds is 7. The van der Waals surface area contributed by atoms with Crippen LogP contribution in [0.25, 0.3) is 0 Å². The van der Waals surface area contributed by atoms with Gasteiger partial charge in [0.2, 0.25) is 5.89 Å². The van der Waals surface area contributed by atoms with Gasteiger partial charge in [0, 0.05) is 23.7 Å². The highest BCUT2D eigenvalue weighted by Gasteiger charge is 2.11. The number of nitrogens with one attached hydrogen (secondary N) is 2. The first-order valence-electron chi connectivity index (χ1n) is 8.32. The zero-order chi connectivity index (χ0) is 17.7. The van der Waals surface area contributed by atoms with Crippen molar-refractivity contribution in [1.82, 2.24) is 15.5 Å². The van der Waals surface area contributed by atoms with Gasteiger partial charge >= 0.3 is 0 Å². The molecular formula is C18H26N4O2. The molecule has 1 amide bonds. The molecule has 0 atom stereocenters. The van der Waals surface area contributed by atoms with Crippen LogP contribution >= 0.6 is 0 Å². The van der Waals surface area contributed by atoms with Gasteiger partial charge in [-0.15, -0.1) is 0 Å². The highest BCUT2D eigenvalue weighted by Crippen LogP contribution is 2.17. The summed E-state index contributed by atoms with van der Waals surface area (Å²) in [5, 5.41) is 10.2. The van der Waals surface area contributed by atoms with Gasteiger partial charge in [0.05, 0.1) is 6.54 Å². The van der Waals surface area contributed by atoms with E-state index in [0.717, 1.165) is 17.7 Å². The predicted molar refractivity (Wildman–Crippen MR) is 93.9 cm³/mol. The van der Waals surface area contributed by atoms with Crippen LogP contribution in [0, 0.1) is 12.8 Å². The van der Waals surface area contributed by atoms with Crippen LogP contribution in [0.3, 0.4) is 0 Å². The van der Waals surface area contributed by atoms with E-state index in [-0.39, 0.29) is 11.9 Å². The normalized spacial score (nSPS) is 11.1. The lowest BCUT2D eigenvalue weighted by atomic mass is 10.1. The topological polar surface area (TPSA) is 80.0 Å². The second-order valence-corrected chi connectivity index (χ2v) is 6.71. The fourth-order valence-electron chi connectivity index (χ4n) is 2.32. The lowest BCUT2D eigenvalue weighted by Crippen LogP contribution is -2.30. The van der Waals surface area contributed by atoms with Crippen molar-refractivity contribution in [3.63, 3.8) is 0 Å². The summed E-state index contributed by atoms with van der Waals surface area (Å²) in [6.45, 7) is 10.6. The van der Waals surface area contributed by atoms with Crippen molar-refractivity contribution in [3.05, 3.63) is 41.0 Å². The Morgan fingerprint density at radius 3 is 2.62 bits per heavy atom. The Morgan fingerprint density at radius 1 is 1.25 bits per heavy atom. The minimum Gasteiger partial charge on any atom is -0.377 e. The minimum absolute atomic E-state index is 0.0591. The zero-order valence-electron chi connectivity index (χ0n) is 15.0. The number of carbonyl (C=O) groups is 1. The third kappa shape index (κ3) is 5.08. The number of aryl methyl sites for hydroxylation is 1. The minimum atomic E-state index is -0.0591. The Hall–Kier alpha value is -2.37. The number of amides is 1. The van der Waals surface area contributed by atoms with Gasteiger partial charge in [-0.3, -0.25) is 4.79 Å². The number of aromatic nitrogens is 2. The first kappa shape index (κ1) is 18.0. The molecule has 0 fully saturated rings. The van der Waals surface area contributed by atoms with Crippen LogP contribution in [0.4, 0.5) is 5.69 Å². The molecule has 6 heteroatoms. The molecule has 130 valence electrons. The van der Waals surface area contributed by atoms with Crippen molar-refractivity contribution in [1.29, 1.82) is 0 Å². The molecule has 24 heavy (non-hydrogen) atoms. The summed E-state index contributed by atoms with van der Waals surface area (Å²) >= 11 is 0. The number of carbonyl (C=O) groups excluding carboxylic acids is 1. The molecule has 2 rings (SSSR count). The maximum atomic E-state index is 12.0. The summed E-state index contributed by atoms with van der Waals surface area (Å²) < 4.78 is 5.23. The fraction of sp³-hybridized carbons (Fsp3) is 0.500. The van der Waals surface area contributed by atoms with Crippen molar-refractivity contribution in [2.45, 2.75) is 53.6 Å². The Kier molecular flexibility index (Phi) is 5.95. The second-order valence-electron chi connectivity index (χ2n) is 6.71. The monoisotopic (exact) mass is 330 g/mol. The summed E-state index contributed by atoms with van der Waals surface area (Å²) in [4.78, 5) is 16.4. The molecule has 1 heterocycles. The van der Waals surface area contributed by atoms with Crippen LogP contribution < -0.4 is 10.6 Å². The number of hydrogen-bond acceptors (Lipinski definition) is 5. The Balaban J connectivity index is 1.98. The lowest BCUT2D eigenvalue weighted by Gasteiger charge is -2.11. The average molecular weight is 330 g/mol. The summed E-state index contributed by atoms with van der Waals surface area (Å²) in [6, 6.07) is 5.71. The van der Waals surface area contributed by atoms with Gasteiger partial charge in [-0.2, -0.15) is 4.98 Å². The molecule has 2 N–H and O–H groups in total. The van der Waals surface area contributed by atoms with Gasteiger partial charge in [-0.25, -0.2) is 0 Å². The van der Waals surface area contributed by atoms with E-state index in [4.69, 9.17) is 4.52 Å². The molecule has 0 spiro atoms. The molecule has 0 bridgehead atoms. The van der Waals surface area contributed by atoms with Crippen molar-refractivity contribution in [3.8, 4) is 0 Å².